The third-order valence-electron chi connectivity index (χ3n) is 4.04. The Morgan fingerprint density at radius 2 is 1.48 bits per heavy atom. The monoisotopic (exact) mass is 406 g/mol. The van der Waals surface area contributed by atoms with E-state index in [1.54, 1.807) is 26.7 Å². The van der Waals surface area contributed by atoms with Gasteiger partial charge in [-0.25, -0.2) is 4.79 Å². The Morgan fingerprint density at radius 3 is 2.19 bits per heavy atom. The molecule has 4 rings (SSSR count). The van der Waals surface area contributed by atoms with Gasteiger partial charge in [0.1, 0.15) is 9.57 Å². The predicted molar refractivity (Wildman–Crippen MR) is 115 cm³/mol. The summed E-state index contributed by atoms with van der Waals surface area (Å²) in [5.74, 6) is 0.152. The van der Waals surface area contributed by atoms with E-state index in [4.69, 9.17) is 17.0 Å². The molecule has 5 heteroatoms. The molecular formula is C22H14O2S3. The van der Waals surface area contributed by atoms with Gasteiger partial charge in [-0.05, 0) is 53.1 Å². The largest absolute Gasteiger partial charge is 0.423 e. The van der Waals surface area contributed by atoms with Crippen LogP contribution in [0.3, 0.4) is 0 Å². The van der Waals surface area contributed by atoms with Crippen LogP contribution < -0.4 is 4.74 Å². The summed E-state index contributed by atoms with van der Waals surface area (Å²) in [7, 11) is 3.23. The van der Waals surface area contributed by atoms with Crippen molar-refractivity contribution in [1.82, 2.24) is 0 Å². The van der Waals surface area contributed by atoms with Gasteiger partial charge in [-0.3, -0.25) is 0 Å². The molecular weight excluding hydrogens is 392 g/mol. The average molecular weight is 407 g/mol. The second-order valence-electron chi connectivity index (χ2n) is 5.82. The Bertz CT molecular complexity index is 1130. The molecule has 4 aromatic rings. The van der Waals surface area contributed by atoms with Crippen LogP contribution in [0.5, 0.6) is 5.75 Å². The summed E-state index contributed by atoms with van der Waals surface area (Å²) in [6.45, 7) is 0. The Morgan fingerprint density at radius 1 is 0.778 bits per heavy atom. The third-order valence-corrected chi connectivity index (χ3v) is 6.95. The van der Waals surface area contributed by atoms with Crippen molar-refractivity contribution in [2.24, 2.45) is 0 Å². The molecule has 0 radical (unpaired) electrons. The van der Waals surface area contributed by atoms with Crippen molar-refractivity contribution in [1.29, 1.82) is 0 Å². The van der Waals surface area contributed by atoms with Crippen molar-refractivity contribution in [3.63, 3.8) is 0 Å². The summed E-state index contributed by atoms with van der Waals surface area (Å²) in [4.78, 5) is 13.9. The van der Waals surface area contributed by atoms with E-state index in [2.05, 4.69) is 0 Å². The van der Waals surface area contributed by atoms with Crippen LogP contribution in [0, 0.1) is 3.82 Å². The smallest absolute Gasteiger partial charge is 0.344 e. The molecule has 0 aliphatic rings. The standard InChI is InChI=1S/C22H14O2S3/c23-22(19-9-5-4-8-18(19)15-6-2-1-3-7-15)24-17-12-10-16(11-13-17)20-14-21(25)27-26-20/h1-14H. The van der Waals surface area contributed by atoms with Gasteiger partial charge in [0.05, 0.1) is 5.56 Å². The minimum atomic E-state index is -0.367. The number of hydrogen-bond acceptors (Lipinski definition) is 5. The molecule has 27 heavy (non-hydrogen) atoms. The highest BCUT2D eigenvalue weighted by molar-refractivity contribution is 7.80. The van der Waals surface area contributed by atoms with Crippen LogP contribution in [-0.4, -0.2) is 5.97 Å². The number of esters is 1. The molecule has 0 amide bonds. The Balaban J connectivity index is 1.57. The molecule has 0 atom stereocenters. The summed E-state index contributed by atoms with van der Waals surface area (Å²) < 4.78 is 6.48. The third kappa shape index (κ3) is 4.06. The topological polar surface area (TPSA) is 26.3 Å². The molecule has 132 valence electrons. The maximum atomic E-state index is 12.7. The number of benzene rings is 3. The fraction of sp³-hybridized carbons (Fsp3) is 0. The van der Waals surface area contributed by atoms with Gasteiger partial charge in [0.2, 0.25) is 0 Å². The van der Waals surface area contributed by atoms with Gasteiger partial charge in [-0.15, -0.1) is 0 Å². The van der Waals surface area contributed by atoms with Crippen molar-refractivity contribution >= 4 is 38.9 Å². The van der Waals surface area contributed by atoms with Gasteiger partial charge in [-0.1, -0.05) is 81.4 Å². The molecule has 1 aromatic heterocycles. The molecule has 0 N–H and O–H groups in total. The highest BCUT2D eigenvalue weighted by Crippen LogP contribution is 2.31. The first kappa shape index (κ1) is 17.8. The molecule has 3 aromatic carbocycles. The van der Waals surface area contributed by atoms with Crippen LogP contribution in [0.1, 0.15) is 10.4 Å². The lowest BCUT2D eigenvalue weighted by Gasteiger charge is -2.10. The van der Waals surface area contributed by atoms with Crippen LogP contribution in [0.25, 0.3) is 21.6 Å². The van der Waals surface area contributed by atoms with Gasteiger partial charge < -0.3 is 4.74 Å². The molecule has 0 aliphatic carbocycles. The van der Waals surface area contributed by atoms with E-state index in [-0.39, 0.29) is 5.97 Å². The quantitative estimate of drug-likeness (QED) is 0.157. The maximum absolute atomic E-state index is 12.7. The number of carbonyl (C=O) groups is 1. The van der Waals surface area contributed by atoms with Gasteiger partial charge in [0.25, 0.3) is 0 Å². The Labute approximate surface area is 169 Å². The van der Waals surface area contributed by atoms with E-state index in [9.17, 15) is 4.79 Å². The SMILES string of the molecule is O=C(Oc1ccc(-c2cc(=S)ss2)cc1)c1ccccc1-c1ccccc1. The molecule has 0 spiro atoms. The lowest BCUT2D eigenvalue weighted by atomic mass is 10.00. The fourth-order valence-electron chi connectivity index (χ4n) is 2.75. The van der Waals surface area contributed by atoms with Gasteiger partial charge in [0.15, 0.2) is 0 Å². The van der Waals surface area contributed by atoms with Gasteiger partial charge in [-0.2, -0.15) is 0 Å². The highest BCUT2D eigenvalue weighted by atomic mass is 32.9. The number of carbonyl (C=O) groups excluding carboxylic acids is 1. The van der Waals surface area contributed by atoms with E-state index in [1.807, 2.05) is 78.9 Å². The van der Waals surface area contributed by atoms with Crippen LogP contribution in [0.15, 0.2) is 84.9 Å². The van der Waals surface area contributed by atoms with Crippen molar-refractivity contribution in [2.45, 2.75) is 0 Å². The number of ether oxygens (including phenoxy) is 1. The van der Waals surface area contributed by atoms with Gasteiger partial charge >= 0.3 is 5.97 Å². The Kier molecular flexibility index (Phi) is 5.25. The molecule has 1 heterocycles. The first-order valence-electron chi connectivity index (χ1n) is 8.28. The molecule has 0 bridgehead atoms. The Hall–Kier alpha value is -2.60. The zero-order valence-electron chi connectivity index (χ0n) is 14.1. The van der Waals surface area contributed by atoms with Crippen molar-refractivity contribution in [3.05, 3.63) is 94.3 Å². The first-order chi connectivity index (χ1) is 13.2. The van der Waals surface area contributed by atoms with E-state index >= 15 is 0 Å². The first-order valence-corrected chi connectivity index (χ1v) is 10.8. The number of hydrogen-bond donors (Lipinski definition) is 0. The van der Waals surface area contributed by atoms with E-state index in [0.29, 0.717) is 11.3 Å². The molecule has 0 saturated carbocycles. The molecule has 0 fully saturated rings. The summed E-state index contributed by atoms with van der Waals surface area (Å²) in [5, 5.41) is 0. The molecule has 0 unspecified atom stereocenters. The number of rotatable bonds is 4. The molecule has 0 aliphatic heterocycles. The molecule has 0 saturated heterocycles. The van der Waals surface area contributed by atoms with Crippen molar-refractivity contribution in [2.75, 3.05) is 0 Å². The zero-order chi connectivity index (χ0) is 18.6. The van der Waals surface area contributed by atoms with Crippen LogP contribution in [0.4, 0.5) is 0 Å². The highest BCUT2D eigenvalue weighted by Gasteiger charge is 2.14. The summed E-state index contributed by atoms with van der Waals surface area (Å²) in [6.07, 6.45) is 0. The van der Waals surface area contributed by atoms with Crippen molar-refractivity contribution in [3.8, 4) is 27.3 Å². The summed E-state index contributed by atoms with van der Waals surface area (Å²) in [6, 6.07) is 26.8. The van der Waals surface area contributed by atoms with E-state index in [0.717, 1.165) is 25.4 Å². The van der Waals surface area contributed by atoms with Crippen LogP contribution in [-0.2, 0) is 0 Å². The van der Waals surface area contributed by atoms with Crippen LogP contribution >= 0.6 is 32.9 Å². The fourth-order valence-corrected chi connectivity index (χ4v) is 5.15. The molecule has 2 nitrogen and oxygen atoms in total. The van der Waals surface area contributed by atoms with E-state index in [1.165, 1.54) is 0 Å². The second-order valence-corrected chi connectivity index (χ2v) is 8.73. The minimum absolute atomic E-state index is 0.367. The summed E-state index contributed by atoms with van der Waals surface area (Å²) >= 11 is 5.18. The van der Waals surface area contributed by atoms with E-state index < -0.39 is 0 Å². The zero-order valence-corrected chi connectivity index (χ0v) is 16.6. The lowest BCUT2D eigenvalue weighted by Crippen LogP contribution is -2.09. The minimum Gasteiger partial charge on any atom is -0.423 e. The lowest BCUT2D eigenvalue weighted by molar-refractivity contribution is 0.0735. The maximum Gasteiger partial charge on any atom is 0.344 e. The van der Waals surface area contributed by atoms with Crippen LogP contribution in [0.2, 0.25) is 0 Å². The van der Waals surface area contributed by atoms with Crippen molar-refractivity contribution < 1.29 is 9.53 Å². The second kappa shape index (κ2) is 7.96. The predicted octanol–water partition coefficient (Wildman–Crippen LogP) is 7.09. The van der Waals surface area contributed by atoms with Gasteiger partial charge in [0, 0.05) is 4.88 Å². The summed E-state index contributed by atoms with van der Waals surface area (Å²) in [5.41, 5.74) is 3.46. The average Bonchev–Trinajstić information content (AvgIpc) is 3.15. The normalized spacial score (nSPS) is 10.5.